The minimum atomic E-state index is -2.56. The van der Waals surface area contributed by atoms with Crippen LogP contribution < -0.4 is 5.32 Å². The van der Waals surface area contributed by atoms with Crippen LogP contribution in [0.2, 0.25) is 0 Å². The Morgan fingerprint density at radius 3 is 2.52 bits per heavy atom. The molecular formula is C17H17BrF2N2S. The highest BCUT2D eigenvalue weighted by Crippen LogP contribution is 2.61. The van der Waals surface area contributed by atoms with Crippen molar-refractivity contribution in [1.82, 2.24) is 5.32 Å². The second kappa shape index (κ2) is 4.82. The van der Waals surface area contributed by atoms with Crippen LogP contribution in [-0.4, -0.2) is 16.6 Å². The summed E-state index contributed by atoms with van der Waals surface area (Å²) < 4.78 is 28.5. The summed E-state index contributed by atoms with van der Waals surface area (Å²) in [4.78, 5) is 5.54. The maximum absolute atomic E-state index is 13.8. The van der Waals surface area contributed by atoms with Gasteiger partial charge in [-0.25, -0.2) is 8.78 Å². The summed E-state index contributed by atoms with van der Waals surface area (Å²) in [5.41, 5.74) is 2.07. The number of halogens is 3. The number of alkyl halides is 2. The Labute approximate surface area is 147 Å². The first-order valence-electron chi connectivity index (χ1n) is 7.83. The Kier molecular flexibility index (Phi) is 3.28. The normalized spacial score (nSPS) is 30.4. The lowest BCUT2D eigenvalue weighted by molar-refractivity contribution is -0.0843. The first-order chi connectivity index (χ1) is 10.8. The zero-order valence-corrected chi connectivity index (χ0v) is 15.2. The fourth-order valence-electron chi connectivity index (χ4n) is 4.41. The molecule has 0 saturated heterocycles. The van der Waals surface area contributed by atoms with Crippen LogP contribution >= 0.6 is 28.1 Å². The first-order valence-corrected chi connectivity index (χ1v) is 9.03. The van der Waals surface area contributed by atoms with Gasteiger partial charge in [0.25, 0.3) is 0 Å². The summed E-state index contributed by atoms with van der Waals surface area (Å²) in [5.74, 6) is -2.56. The molecule has 23 heavy (non-hydrogen) atoms. The lowest BCUT2D eigenvalue weighted by atomic mass is 9.65. The monoisotopic (exact) mass is 398 g/mol. The molecule has 2 nitrogen and oxygen atoms in total. The molecule has 0 radical (unpaired) electrons. The van der Waals surface area contributed by atoms with Crippen molar-refractivity contribution in [3.8, 4) is 0 Å². The predicted molar refractivity (Wildman–Crippen MR) is 94.2 cm³/mol. The topological polar surface area (TPSA) is 24.4 Å². The molecule has 1 atom stereocenters. The highest BCUT2D eigenvalue weighted by Gasteiger charge is 2.62. The molecule has 1 saturated carbocycles. The van der Waals surface area contributed by atoms with E-state index in [1.54, 1.807) is 0 Å². The van der Waals surface area contributed by atoms with E-state index >= 15 is 0 Å². The summed E-state index contributed by atoms with van der Waals surface area (Å²) in [5, 5.41) is 3.41. The fraction of sp³-hybridized carbons (Fsp3) is 0.529. The number of thiocarbonyl (C=S) groups is 1. The van der Waals surface area contributed by atoms with Gasteiger partial charge in [0.15, 0.2) is 5.66 Å². The number of benzene rings is 1. The maximum atomic E-state index is 13.8. The Hall–Kier alpha value is -0.880. The van der Waals surface area contributed by atoms with E-state index < -0.39 is 11.6 Å². The number of rotatable bonds is 0. The van der Waals surface area contributed by atoms with Crippen LogP contribution in [-0.2, 0) is 12.1 Å². The van der Waals surface area contributed by atoms with E-state index in [0.717, 1.165) is 22.2 Å². The SMILES string of the molecule is CC1=NC2(NC1=S)c1cc(Br)ccc1CC21CCC(F)(F)CC1. The van der Waals surface area contributed by atoms with Crippen LogP contribution in [0.4, 0.5) is 8.78 Å². The lowest BCUT2D eigenvalue weighted by Crippen LogP contribution is -2.53. The number of hydrogen-bond donors (Lipinski definition) is 1. The van der Waals surface area contributed by atoms with Gasteiger partial charge in [-0.05, 0) is 43.9 Å². The molecule has 1 aromatic rings. The largest absolute Gasteiger partial charge is 0.347 e. The molecule has 1 heterocycles. The van der Waals surface area contributed by atoms with Gasteiger partial charge in [-0.15, -0.1) is 0 Å². The van der Waals surface area contributed by atoms with Crippen molar-refractivity contribution in [1.29, 1.82) is 0 Å². The van der Waals surface area contributed by atoms with Gasteiger partial charge >= 0.3 is 0 Å². The molecule has 1 aliphatic heterocycles. The summed E-state index contributed by atoms with van der Waals surface area (Å²) in [7, 11) is 0. The van der Waals surface area contributed by atoms with E-state index in [2.05, 4.69) is 33.4 Å². The standard InChI is InChI=1S/C17H17BrF2N2S/c1-10-14(23)22-17(21-10)13-8-12(18)3-2-11(13)9-15(17)4-6-16(19,20)7-5-15/h2-3,8H,4-7,9H2,1H3,(H,22,23). The molecule has 0 aromatic heterocycles. The maximum Gasteiger partial charge on any atom is 0.248 e. The van der Waals surface area contributed by atoms with Gasteiger partial charge in [0.1, 0.15) is 4.99 Å². The molecule has 0 bridgehead atoms. The van der Waals surface area contributed by atoms with Crippen LogP contribution in [0.3, 0.4) is 0 Å². The molecule has 1 aromatic carbocycles. The molecule has 122 valence electrons. The van der Waals surface area contributed by atoms with Crippen molar-refractivity contribution in [2.75, 3.05) is 0 Å². The van der Waals surface area contributed by atoms with Crippen LogP contribution in [0.25, 0.3) is 0 Å². The average molecular weight is 399 g/mol. The van der Waals surface area contributed by atoms with Gasteiger partial charge in [0, 0.05) is 28.3 Å². The van der Waals surface area contributed by atoms with Gasteiger partial charge < -0.3 is 5.32 Å². The predicted octanol–water partition coefficient (Wildman–Crippen LogP) is 4.75. The molecule has 1 unspecified atom stereocenters. The van der Waals surface area contributed by atoms with E-state index in [1.165, 1.54) is 5.56 Å². The van der Waals surface area contributed by atoms with E-state index in [0.29, 0.717) is 17.8 Å². The second-order valence-electron chi connectivity index (χ2n) is 6.98. The molecule has 4 rings (SSSR count). The van der Waals surface area contributed by atoms with Crippen LogP contribution in [0.1, 0.15) is 43.7 Å². The lowest BCUT2D eigenvalue weighted by Gasteiger charge is -2.46. The van der Waals surface area contributed by atoms with Crippen molar-refractivity contribution >= 4 is 38.8 Å². The Balaban J connectivity index is 1.87. The van der Waals surface area contributed by atoms with E-state index in [9.17, 15) is 8.78 Å². The number of nitrogens with zero attached hydrogens (tertiary/aromatic N) is 1. The minimum Gasteiger partial charge on any atom is -0.347 e. The third-order valence-corrected chi connectivity index (χ3v) is 6.55. The Morgan fingerprint density at radius 1 is 1.22 bits per heavy atom. The van der Waals surface area contributed by atoms with Crippen molar-refractivity contribution < 1.29 is 8.78 Å². The zero-order chi connectivity index (χ0) is 16.5. The van der Waals surface area contributed by atoms with Crippen LogP contribution in [0, 0.1) is 5.41 Å². The third kappa shape index (κ3) is 2.14. The van der Waals surface area contributed by atoms with Gasteiger partial charge in [-0.3, -0.25) is 4.99 Å². The molecule has 3 aliphatic rings. The molecule has 0 amide bonds. The number of fused-ring (bicyclic) bond motifs is 3. The van der Waals surface area contributed by atoms with Gasteiger partial charge in [-0.2, -0.15) is 0 Å². The molecule has 2 aliphatic carbocycles. The van der Waals surface area contributed by atoms with Crippen molar-refractivity contribution in [3.63, 3.8) is 0 Å². The minimum absolute atomic E-state index is 0.0765. The fourth-order valence-corrected chi connectivity index (χ4v) is 4.97. The van der Waals surface area contributed by atoms with E-state index in [-0.39, 0.29) is 18.3 Å². The second-order valence-corrected chi connectivity index (χ2v) is 8.30. The Morgan fingerprint density at radius 2 is 1.91 bits per heavy atom. The smallest absolute Gasteiger partial charge is 0.248 e. The summed E-state index contributed by atoms with van der Waals surface area (Å²) >= 11 is 8.94. The van der Waals surface area contributed by atoms with Gasteiger partial charge in [-0.1, -0.05) is 34.2 Å². The van der Waals surface area contributed by atoms with Crippen LogP contribution in [0.5, 0.6) is 0 Å². The molecule has 6 heteroatoms. The van der Waals surface area contributed by atoms with Gasteiger partial charge in [0.05, 0.1) is 5.71 Å². The average Bonchev–Trinajstić information content (AvgIpc) is 2.92. The molecule has 1 fully saturated rings. The van der Waals surface area contributed by atoms with Gasteiger partial charge in [0.2, 0.25) is 5.92 Å². The number of aliphatic imine (C=N–C) groups is 1. The molecular weight excluding hydrogens is 382 g/mol. The first kappa shape index (κ1) is 15.6. The zero-order valence-electron chi connectivity index (χ0n) is 12.8. The van der Waals surface area contributed by atoms with Crippen molar-refractivity contribution in [3.05, 3.63) is 33.8 Å². The Bertz CT molecular complexity index is 736. The number of hydrogen-bond acceptors (Lipinski definition) is 2. The molecule has 2 spiro atoms. The summed E-state index contributed by atoms with van der Waals surface area (Å²) in [6.07, 6.45) is 1.54. The molecule has 1 N–H and O–H groups in total. The van der Waals surface area contributed by atoms with E-state index in [1.807, 2.05) is 13.0 Å². The number of nitrogens with one attached hydrogen (secondary N) is 1. The van der Waals surface area contributed by atoms with E-state index in [4.69, 9.17) is 17.2 Å². The summed E-state index contributed by atoms with van der Waals surface area (Å²) in [6.45, 7) is 1.89. The summed E-state index contributed by atoms with van der Waals surface area (Å²) in [6, 6.07) is 6.15. The van der Waals surface area contributed by atoms with Crippen molar-refractivity contribution in [2.24, 2.45) is 10.4 Å². The quantitative estimate of drug-likeness (QED) is 0.637. The highest BCUT2D eigenvalue weighted by molar-refractivity contribution is 9.10. The van der Waals surface area contributed by atoms with Crippen molar-refractivity contribution in [2.45, 2.75) is 50.6 Å². The van der Waals surface area contributed by atoms with Crippen LogP contribution in [0.15, 0.2) is 27.7 Å². The highest BCUT2D eigenvalue weighted by atomic mass is 79.9. The third-order valence-electron chi connectivity index (χ3n) is 5.66.